The van der Waals surface area contributed by atoms with Crippen molar-refractivity contribution in [2.24, 2.45) is 0 Å². The lowest BCUT2D eigenvalue weighted by atomic mass is 10.2. The summed E-state index contributed by atoms with van der Waals surface area (Å²) >= 11 is 0. The number of hydrogen-bond donors (Lipinski definition) is 2. The molecular formula is C9H12N2O. The van der Waals surface area contributed by atoms with Gasteiger partial charge in [-0.15, -0.1) is 0 Å². The third-order valence-corrected chi connectivity index (χ3v) is 1.59. The van der Waals surface area contributed by atoms with E-state index >= 15 is 0 Å². The van der Waals surface area contributed by atoms with Gasteiger partial charge >= 0.3 is 0 Å². The number of carbonyl (C=O) groups excluding carboxylic acids is 1. The van der Waals surface area contributed by atoms with Crippen LogP contribution >= 0.6 is 0 Å². The Kier molecular flexibility index (Phi) is 2.69. The van der Waals surface area contributed by atoms with E-state index in [1.54, 1.807) is 12.2 Å². The molecule has 0 unspecified atom stereocenters. The maximum Gasteiger partial charge on any atom is 0.243 e. The van der Waals surface area contributed by atoms with Crippen molar-refractivity contribution in [3.63, 3.8) is 0 Å². The van der Waals surface area contributed by atoms with Crippen molar-refractivity contribution in [1.82, 2.24) is 10.6 Å². The molecule has 12 heavy (non-hydrogen) atoms. The number of allylic oxidation sites excluding steroid dienone is 4. The summed E-state index contributed by atoms with van der Waals surface area (Å²) < 4.78 is 0. The van der Waals surface area contributed by atoms with Crippen molar-refractivity contribution in [1.29, 1.82) is 0 Å². The Morgan fingerprint density at radius 1 is 1.58 bits per heavy atom. The third kappa shape index (κ3) is 1.99. The summed E-state index contributed by atoms with van der Waals surface area (Å²) in [5, 5.41) is 5.72. The van der Waals surface area contributed by atoms with Crippen molar-refractivity contribution in [2.45, 2.75) is 6.92 Å². The van der Waals surface area contributed by atoms with Gasteiger partial charge in [-0.3, -0.25) is 4.79 Å². The van der Waals surface area contributed by atoms with Gasteiger partial charge < -0.3 is 10.6 Å². The van der Waals surface area contributed by atoms with Crippen molar-refractivity contribution in [3.05, 3.63) is 36.2 Å². The Bertz CT molecular complexity index is 264. The van der Waals surface area contributed by atoms with Crippen LogP contribution in [0.4, 0.5) is 0 Å². The first-order valence-corrected chi connectivity index (χ1v) is 3.77. The zero-order chi connectivity index (χ0) is 8.97. The van der Waals surface area contributed by atoms with Crippen LogP contribution in [0.1, 0.15) is 6.92 Å². The first-order chi connectivity index (χ1) is 5.74. The Balaban J connectivity index is 2.77. The fourth-order valence-electron chi connectivity index (χ4n) is 0.927. The first-order valence-electron chi connectivity index (χ1n) is 3.77. The third-order valence-electron chi connectivity index (χ3n) is 1.59. The van der Waals surface area contributed by atoms with Gasteiger partial charge in [-0.05, 0) is 13.0 Å². The van der Waals surface area contributed by atoms with E-state index < -0.39 is 0 Å². The molecule has 0 aromatic heterocycles. The number of nitrogens with one attached hydrogen (secondary N) is 2. The van der Waals surface area contributed by atoms with E-state index in [0.717, 1.165) is 11.4 Å². The highest BCUT2D eigenvalue weighted by Gasteiger charge is 2.10. The Labute approximate surface area is 71.8 Å². The van der Waals surface area contributed by atoms with Crippen LogP contribution in [0.3, 0.4) is 0 Å². The lowest BCUT2D eigenvalue weighted by Gasteiger charge is -2.17. The van der Waals surface area contributed by atoms with Gasteiger partial charge in [0.25, 0.3) is 0 Å². The Morgan fingerprint density at radius 2 is 2.33 bits per heavy atom. The zero-order valence-corrected chi connectivity index (χ0v) is 7.05. The molecule has 1 aliphatic heterocycles. The van der Waals surface area contributed by atoms with Gasteiger partial charge in [0.1, 0.15) is 0 Å². The minimum Gasteiger partial charge on any atom is -0.378 e. The van der Waals surface area contributed by atoms with Crippen LogP contribution in [0.5, 0.6) is 0 Å². The predicted octanol–water partition coefficient (Wildman–Crippen LogP) is 0.679. The highest BCUT2D eigenvalue weighted by atomic mass is 16.2. The largest absolute Gasteiger partial charge is 0.378 e. The molecule has 0 aromatic rings. The minimum absolute atomic E-state index is 0.00990. The zero-order valence-electron chi connectivity index (χ0n) is 7.05. The molecule has 0 aliphatic carbocycles. The summed E-state index contributed by atoms with van der Waals surface area (Å²) in [4.78, 5) is 10.9. The maximum atomic E-state index is 10.9. The van der Waals surface area contributed by atoms with Gasteiger partial charge in [0, 0.05) is 5.70 Å². The lowest BCUT2D eigenvalue weighted by Crippen LogP contribution is -2.39. The normalized spacial score (nSPS) is 17.6. The van der Waals surface area contributed by atoms with Gasteiger partial charge in [-0.1, -0.05) is 18.7 Å². The highest BCUT2D eigenvalue weighted by molar-refractivity contribution is 5.82. The van der Waals surface area contributed by atoms with Gasteiger partial charge in [0.2, 0.25) is 5.91 Å². The maximum absolute atomic E-state index is 10.9. The molecule has 1 rings (SSSR count). The molecule has 3 nitrogen and oxygen atoms in total. The molecule has 64 valence electrons. The fourth-order valence-corrected chi connectivity index (χ4v) is 0.927. The van der Waals surface area contributed by atoms with Gasteiger partial charge in [-0.25, -0.2) is 0 Å². The minimum atomic E-state index is -0.00990. The average molecular weight is 164 g/mol. The summed E-state index contributed by atoms with van der Waals surface area (Å²) in [7, 11) is 0. The molecule has 1 amide bonds. The van der Waals surface area contributed by atoms with Crippen LogP contribution < -0.4 is 10.6 Å². The summed E-state index contributed by atoms with van der Waals surface area (Å²) in [5.74, 6) is -0.00990. The Hall–Kier alpha value is -1.51. The summed E-state index contributed by atoms with van der Waals surface area (Å²) in [6.07, 6.45) is 5.26. The fraction of sp³-hybridized carbons (Fsp3) is 0.222. The van der Waals surface area contributed by atoms with Crippen LogP contribution in [-0.4, -0.2) is 12.5 Å². The van der Waals surface area contributed by atoms with E-state index in [1.807, 2.05) is 13.0 Å². The van der Waals surface area contributed by atoms with E-state index in [1.165, 1.54) is 0 Å². The van der Waals surface area contributed by atoms with Crippen molar-refractivity contribution < 1.29 is 4.79 Å². The summed E-state index contributed by atoms with van der Waals surface area (Å²) in [6, 6.07) is 0. The molecule has 2 N–H and O–H groups in total. The smallest absolute Gasteiger partial charge is 0.243 e. The molecule has 3 heteroatoms. The van der Waals surface area contributed by atoms with Crippen molar-refractivity contribution in [2.75, 3.05) is 6.54 Å². The van der Waals surface area contributed by atoms with Crippen LogP contribution in [0.15, 0.2) is 36.2 Å². The topological polar surface area (TPSA) is 41.1 Å². The van der Waals surface area contributed by atoms with Crippen LogP contribution in [0, 0.1) is 0 Å². The first kappa shape index (κ1) is 8.59. The van der Waals surface area contributed by atoms with Crippen molar-refractivity contribution >= 4 is 5.91 Å². The number of carbonyl (C=O) groups is 1. The molecule has 0 aromatic carbocycles. The molecule has 0 spiro atoms. The van der Waals surface area contributed by atoms with Gasteiger partial charge in [0.15, 0.2) is 0 Å². The highest BCUT2D eigenvalue weighted by Crippen LogP contribution is 2.02. The number of amides is 1. The second-order valence-corrected chi connectivity index (χ2v) is 2.54. The van der Waals surface area contributed by atoms with E-state index in [4.69, 9.17) is 0 Å². The predicted molar refractivity (Wildman–Crippen MR) is 48.2 cm³/mol. The SMILES string of the molecule is C=C/C=C\C1=C(C)NCC(=O)N1. The van der Waals surface area contributed by atoms with E-state index in [2.05, 4.69) is 17.2 Å². The van der Waals surface area contributed by atoms with E-state index in [9.17, 15) is 4.79 Å². The summed E-state index contributed by atoms with van der Waals surface area (Å²) in [5.41, 5.74) is 1.79. The van der Waals surface area contributed by atoms with Gasteiger partial charge in [-0.2, -0.15) is 0 Å². The lowest BCUT2D eigenvalue weighted by molar-refractivity contribution is -0.119. The van der Waals surface area contributed by atoms with Gasteiger partial charge in [0.05, 0.1) is 12.2 Å². The van der Waals surface area contributed by atoms with Crippen LogP contribution in [0.2, 0.25) is 0 Å². The van der Waals surface area contributed by atoms with Crippen molar-refractivity contribution in [3.8, 4) is 0 Å². The number of rotatable bonds is 2. The van der Waals surface area contributed by atoms with E-state index in [0.29, 0.717) is 6.54 Å². The molecule has 1 aliphatic rings. The molecule has 0 bridgehead atoms. The number of hydrogen-bond acceptors (Lipinski definition) is 2. The quantitative estimate of drug-likeness (QED) is 0.589. The summed E-state index contributed by atoms with van der Waals surface area (Å²) in [6.45, 7) is 5.82. The second-order valence-electron chi connectivity index (χ2n) is 2.54. The average Bonchev–Trinajstić information content (AvgIpc) is 2.07. The molecule has 0 fully saturated rings. The molecule has 0 radical (unpaired) electrons. The van der Waals surface area contributed by atoms with Crippen LogP contribution in [0.25, 0.3) is 0 Å². The molecular weight excluding hydrogens is 152 g/mol. The van der Waals surface area contributed by atoms with E-state index in [-0.39, 0.29) is 5.91 Å². The molecule has 0 saturated heterocycles. The molecule has 0 atom stereocenters. The van der Waals surface area contributed by atoms with Crippen LogP contribution in [-0.2, 0) is 4.79 Å². The second kappa shape index (κ2) is 3.76. The molecule has 1 heterocycles. The standard InChI is InChI=1S/C9H12N2O/c1-3-4-5-8-7(2)10-6-9(12)11-8/h3-5,10H,1,6H2,2H3,(H,11,12)/b5-4-. The molecule has 0 saturated carbocycles. The monoisotopic (exact) mass is 164 g/mol. The Morgan fingerprint density at radius 3 is 3.00 bits per heavy atom.